The van der Waals surface area contributed by atoms with Crippen molar-refractivity contribution in [3.8, 4) is 0 Å². The van der Waals surface area contributed by atoms with E-state index in [1.165, 1.54) is 5.01 Å². The molecule has 0 fully saturated rings. The lowest BCUT2D eigenvalue weighted by Gasteiger charge is -2.16. The molecule has 0 unspecified atom stereocenters. The van der Waals surface area contributed by atoms with Gasteiger partial charge in [0.15, 0.2) is 0 Å². The standard InChI is InChI=1S/C21H20BrN3O3/c1-14(12-17(13-24(27)28)16-8-10-18(22)11-9-16)20-15(2)23-25(21(20)26)19-6-4-3-5-7-19/h3-11,17H,12-13H2,1-2H3/b20-14-/t17-/m0/s1. The van der Waals surface area contributed by atoms with Gasteiger partial charge in [0.05, 0.1) is 22.9 Å². The quantitative estimate of drug-likeness (QED) is 0.361. The Kier molecular flexibility index (Phi) is 6.04. The Bertz CT molecular complexity index is 953. The van der Waals surface area contributed by atoms with Gasteiger partial charge < -0.3 is 0 Å². The van der Waals surface area contributed by atoms with E-state index < -0.39 is 0 Å². The highest BCUT2D eigenvalue weighted by Crippen LogP contribution is 2.31. The lowest BCUT2D eigenvalue weighted by molar-refractivity contribution is -0.483. The van der Waals surface area contributed by atoms with E-state index in [4.69, 9.17) is 0 Å². The number of hydrazone groups is 1. The molecule has 1 amide bonds. The summed E-state index contributed by atoms with van der Waals surface area (Å²) in [6, 6.07) is 16.7. The fraction of sp³-hybridized carbons (Fsp3) is 0.238. The lowest BCUT2D eigenvalue weighted by atomic mass is 9.89. The highest BCUT2D eigenvalue weighted by Gasteiger charge is 2.31. The van der Waals surface area contributed by atoms with E-state index in [-0.39, 0.29) is 23.3 Å². The molecule has 1 heterocycles. The summed E-state index contributed by atoms with van der Waals surface area (Å²) in [5, 5.41) is 17.0. The third-order valence-corrected chi connectivity index (χ3v) is 5.24. The predicted octanol–water partition coefficient (Wildman–Crippen LogP) is 4.94. The Morgan fingerprint density at radius 3 is 2.43 bits per heavy atom. The molecule has 28 heavy (non-hydrogen) atoms. The molecule has 144 valence electrons. The first-order valence-electron chi connectivity index (χ1n) is 8.89. The summed E-state index contributed by atoms with van der Waals surface area (Å²) in [6.07, 6.45) is 0.416. The van der Waals surface area contributed by atoms with E-state index in [9.17, 15) is 14.9 Å². The molecule has 2 aromatic carbocycles. The maximum Gasteiger partial charge on any atom is 0.280 e. The summed E-state index contributed by atoms with van der Waals surface area (Å²) < 4.78 is 0.915. The normalized spacial score (nSPS) is 16.8. The molecule has 2 aromatic rings. The number of rotatable bonds is 6. The van der Waals surface area contributed by atoms with Gasteiger partial charge >= 0.3 is 0 Å². The van der Waals surface area contributed by atoms with E-state index in [1.54, 1.807) is 6.92 Å². The van der Waals surface area contributed by atoms with Gasteiger partial charge in [-0.2, -0.15) is 10.1 Å². The van der Waals surface area contributed by atoms with Crippen molar-refractivity contribution >= 4 is 33.2 Å². The molecular weight excluding hydrogens is 422 g/mol. The molecule has 0 aliphatic carbocycles. The minimum atomic E-state index is -0.318. The van der Waals surface area contributed by atoms with Crippen molar-refractivity contribution in [3.63, 3.8) is 0 Å². The molecular formula is C21H20BrN3O3. The molecule has 0 spiro atoms. The number of hydrogen-bond acceptors (Lipinski definition) is 4. The summed E-state index contributed by atoms with van der Waals surface area (Å²) in [4.78, 5) is 23.8. The van der Waals surface area contributed by atoms with Gasteiger partial charge in [0.25, 0.3) is 5.91 Å². The summed E-state index contributed by atoms with van der Waals surface area (Å²) in [7, 11) is 0. The minimum absolute atomic E-state index is 0.195. The maximum atomic E-state index is 13.0. The average molecular weight is 442 g/mol. The number of hydrogen-bond donors (Lipinski definition) is 0. The van der Waals surface area contributed by atoms with Crippen LogP contribution in [0.3, 0.4) is 0 Å². The van der Waals surface area contributed by atoms with E-state index in [0.717, 1.165) is 15.6 Å². The number of allylic oxidation sites excluding steroid dienone is 1. The predicted molar refractivity (Wildman–Crippen MR) is 113 cm³/mol. The monoisotopic (exact) mass is 441 g/mol. The number of anilines is 1. The number of carbonyl (C=O) groups excluding carboxylic acids is 1. The van der Waals surface area contributed by atoms with Crippen molar-refractivity contribution in [1.29, 1.82) is 0 Å². The van der Waals surface area contributed by atoms with Gasteiger partial charge in [0.2, 0.25) is 6.54 Å². The van der Waals surface area contributed by atoms with Gasteiger partial charge in [0, 0.05) is 9.40 Å². The first-order chi connectivity index (χ1) is 13.4. The number of nitrogens with zero attached hydrogens (tertiary/aromatic N) is 3. The van der Waals surface area contributed by atoms with Gasteiger partial charge in [-0.05, 0) is 50.1 Å². The summed E-state index contributed by atoms with van der Waals surface area (Å²) >= 11 is 3.39. The van der Waals surface area contributed by atoms with Gasteiger partial charge in [-0.25, -0.2) is 0 Å². The van der Waals surface area contributed by atoms with Crippen LogP contribution in [-0.2, 0) is 4.79 Å². The van der Waals surface area contributed by atoms with Gasteiger partial charge in [-0.15, -0.1) is 0 Å². The smallest absolute Gasteiger partial charge is 0.267 e. The highest BCUT2D eigenvalue weighted by molar-refractivity contribution is 9.10. The number of benzene rings is 2. The van der Waals surface area contributed by atoms with E-state index >= 15 is 0 Å². The Hall–Kier alpha value is -2.80. The van der Waals surface area contributed by atoms with Gasteiger partial charge in [0.1, 0.15) is 0 Å². The Balaban J connectivity index is 1.89. The Morgan fingerprint density at radius 1 is 1.18 bits per heavy atom. The van der Waals surface area contributed by atoms with Crippen LogP contribution in [0.15, 0.2) is 75.3 Å². The van der Waals surface area contributed by atoms with Crippen LogP contribution in [0.5, 0.6) is 0 Å². The third-order valence-electron chi connectivity index (χ3n) is 4.71. The number of halogens is 1. The lowest BCUT2D eigenvalue weighted by Crippen LogP contribution is -2.22. The topological polar surface area (TPSA) is 75.8 Å². The molecule has 0 saturated heterocycles. The summed E-state index contributed by atoms with van der Waals surface area (Å²) in [5.74, 6) is -0.515. The molecule has 1 aliphatic rings. The highest BCUT2D eigenvalue weighted by atomic mass is 79.9. The molecule has 0 bridgehead atoms. The zero-order valence-corrected chi connectivity index (χ0v) is 17.2. The van der Waals surface area contributed by atoms with Crippen molar-refractivity contribution in [1.82, 2.24) is 0 Å². The van der Waals surface area contributed by atoms with Crippen LogP contribution < -0.4 is 5.01 Å². The van der Waals surface area contributed by atoms with Crippen molar-refractivity contribution in [3.05, 3.63) is 85.9 Å². The van der Waals surface area contributed by atoms with Crippen LogP contribution in [-0.4, -0.2) is 23.1 Å². The van der Waals surface area contributed by atoms with Gasteiger partial charge in [-0.1, -0.05) is 51.8 Å². The molecule has 6 nitrogen and oxygen atoms in total. The Labute approximate surface area is 171 Å². The zero-order chi connectivity index (χ0) is 20.3. The van der Waals surface area contributed by atoms with Crippen LogP contribution in [0, 0.1) is 10.1 Å². The van der Waals surface area contributed by atoms with Crippen LogP contribution >= 0.6 is 15.9 Å². The van der Waals surface area contributed by atoms with Gasteiger partial charge in [-0.3, -0.25) is 14.9 Å². The second kappa shape index (κ2) is 8.48. The molecule has 1 aliphatic heterocycles. The largest absolute Gasteiger partial charge is 0.280 e. The van der Waals surface area contributed by atoms with E-state index in [0.29, 0.717) is 23.4 Å². The maximum absolute atomic E-state index is 13.0. The number of nitro groups is 1. The molecule has 7 heteroatoms. The number of amides is 1. The molecule has 1 atom stereocenters. The molecule has 0 N–H and O–H groups in total. The molecule has 3 rings (SSSR count). The van der Waals surface area contributed by atoms with Crippen LogP contribution in [0.25, 0.3) is 0 Å². The number of carbonyl (C=O) groups is 1. The van der Waals surface area contributed by atoms with Crippen molar-refractivity contribution in [2.24, 2.45) is 5.10 Å². The van der Waals surface area contributed by atoms with Crippen LogP contribution in [0.4, 0.5) is 5.69 Å². The van der Waals surface area contributed by atoms with Crippen molar-refractivity contribution in [2.75, 3.05) is 11.6 Å². The summed E-state index contributed by atoms with van der Waals surface area (Å²) in [5.41, 5.74) is 3.54. The fourth-order valence-corrected chi connectivity index (χ4v) is 3.68. The van der Waals surface area contributed by atoms with Crippen LogP contribution in [0.2, 0.25) is 0 Å². The Morgan fingerprint density at radius 2 is 1.82 bits per heavy atom. The molecule has 0 aromatic heterocycles. The minimum Gasteiger partial charge on any atom is -0.267 e. The first kappa shape index (κ1) is 19.9. The van der Waals surface area contributed by atoms with Crippen molar-refractivity contribution < 1.29 is 9.72 Å². The SMILES string of the molecule is CC1=NN(c2ccccc2)C(=O)/C1=C(/C)C[C@@H](C[N+](=O)[O-])c1ccc(Br)cc1. The van der Waals surface area contributed by atoms with E-state index in [2.05, 4.69) is 21.0 Å². The van der Waals surface area contributed by atoms with Crippen molar-refractivity contribution in [2.45, 2.75) is 26.2 Å². The zero-order valence-electron chi connectivity index (χ0n) is 15.6. The first-order valence-corrected chi connectivity index (χ1v) is 9.68. The van der Waals surface area contributed by atoms with Crippen LogP contribution in [0.1, 0.15) is 31.7 Å². The summed E-state index contributed by atoms with van der Waals surface area (Å²) in [6.45, 7) is 3.45. The number of para-hydroxylation sites is 1. The molecule has 0 saturated carbocycles. The van der Waals surface area contributed by atoms with E-state index in [1.807, 2.05) is 61.5 Å². The fourth-order valence-electron chi connectivity index (χ4n) is 3.42. The average Bonchev–Trinajstić information content (AvgIpc) is 2.96. The third kappa shape index (κ3) is 4.36. The molecule has 0 radical (unpaired) electrons. The second-order valence-corrected chi connectivity index (χ2v) is 7.68. The second-order valence-electron chi connectivity index (χ2n) is 6.76.